The van der Waals surface area contributed by atoms with Gasteiger partial charge in [0, 0.05) is 17.9 Å². The van der Waals surface area contributed by atoms with Gasteiger partial charge in [0.15, 0.2) is 5.06 Å². The summed E-state index contributed by atoms with van der Waals surface area (Å²) in [4.78, 5) is 28.2. The molecule has 164 valence electrons. The van der Waals surface area contributed by atoms with Gasteiger partial charge < -0.3 is 25.0 Å². The molecule has 2 fully saturated rings. The smallest absolute Gasteiger partial charge is 0.399 e. The van der Waals surface area contributed by atoms with Crippen LogP contribution in [0.25, 0.3) is 0 Å². The van der Waals surface area contributed by atoms with Crippen LogP contribution in [0.4, 0.5) is 16.2 Å². The molecule has 0 spiro atoms. The molecule has 10 heteroatoms. The van der Waals surface area contributed by atoms with E-state index in [1.807, 2.05) is 25.1 Å². The van der Waals surface area contributed by atoms with E-state index in [9.17, 15) is 9.59 Å². The Hall–Kier alpha value is -2.01. The van der Waals surface area contributed by atoms with E-state index in [4.69, 9.17) is 21.7 Å². The van der Waals surface area contributed by atoms with Crippen LogP contribution in [0.2, 0.25) is 0 Å². The molecule has 0 radical (unpaired) electrons. The minimum Gasteiger partial charge on any atom is -0.399 e. The van der Waals surface area contributed by atoms with Gasteiger partial charge in [-0.1, -0.05) is 23.6 Å². The summed E-state index contributed by atoms with van der Waals surface area (Å²) in [6, 6.07) is 9.22. The van der Waals surface area contributed by atoms with E-state index in [1.54, 1.807) is 12.1 Å². The molecule has 2 N–H and O–H groups in total. The highest BCUT2D eigenvalue weighted by atomic mass is 79.9. The molecule has 1 saturated carbocycles. The lowest BCUT2D eigenvalue weighted by atomic mass is 9.76. The van der Waals surface area contributed by atoms with Gasteiger partial charge in [-0.2, -0.15) is 0 Å². The lowest BCUT2D eigenvalue weighted by molar-refractivity contribution is -0.125. The van der Waals surface area contributed by atoms with Crippen molar-refractivity contribution in [3.63, 3.8) is 0 Å². The standard InChI is InChI=1S/C21H22BrN3O4S2/c1-13-11-14(3-4-15(13)25-9-10-28-12-17(25)30)23-19(26)21(7-2-8-21)24-20(27)29-18-6-5-16(22)31-18/h3-6,11H,2,7-10,12H2,1H3,(H,23,26)(H,24,27). The van der Waals surface area contributed by atoms with Crippen molar-refractivity contribution in [1.82, 2.24) is 5.32 Å². The van der Waals surface area contributed by atoms with Gasteiger partial charge in [0.25, 0.3) is 0 Å². The molecule has 0 bridgehead atoms. The van der Waals surface area contributed by atoms with E-state index in [-0.39, 0.29) is 5.91 Å². The lowest BCUT2D eigenvalue weighted by Crippen LogP contribution is -2.61. The first-order chi connectivity index (χ1) is 14.9. The minimum atomic E-state index is -0.954. The Morgan fingerprint density at radius 3 is 2.71 bits per heavy atom. The second kappa shape index (κ2) is 9.23. The molecular formula is C21H22BrN3O4S2. The quantitative estimate of drug-likeness (QED) is 0.556. The number of halogens is 1. The number of benzene rings is 1. The van der Waals surface area contributed by atoms with E-state index in [0.29, 0.717) is 43.4 Å². The highest BCUT2D eigenvalue weighted by Crippen LogP contribution is 2.35. The molecule has 1 aliphatic carbocycles. The number of aryl methyl sites for hydroxylation is 1. The number of hydrogen-bond acceptors (Lipinski definition) is 6. The number of ether oxygens (including phenoxy) is 2. The van der Waals surface area contributed by atoms with Gasteiger partial charge in [-0.25, -0.2) is 4.79 Å². The van der Waals surface area contributed by atoms with E-state index >= 15 is 0 Å². The van der Waals surface area contributed by atoms with Crippen molar-refractivity contribution in [3.8, 4) is 5.06 Å². The fourth-order valence-electron chi connectivity index (χ4n) is 3.66. The number of rotatable bonds is 5. The number of carbonyl (C=O) groups is 2. The molecule has 0 atom stereocenters. The first-order valence-electron chi connectivity index (χ1n) is 9.92. The maximum absolute atomic E-state index is 13.0. The zero-order chi connectivity index (χ0) is 22.0. The molecule has 1 aromatic heterocycles. The zero-order valence-corrected chi connectivity index (χ0v) is 20.1. The average Bonchev–Trinajstić information content (AvgIpc) is 3.10. The molecule has 31 heavy (non-hydrogen) atoms. The molecule has 1 saturated heterocycles. The second-order valence-corrected chi connectivity index (χ2v) is 10.5. The molecular weight excluding hydrogens is 502 g/mol. The molecule has 2 amide bonds. The molecule has 0 unspecified atom stereocenters. The highest BCUT2D eigenvalue weighted by molar-refractivity contribution is 9.11. The third-order valence-electron chi connectivity index (χ3n) is 5.46. The van der Waals surface area contributed by atoms with Crippen molar-refractivity contribution < 1.29 is 19.1 Å². The largest absolute Gasteiger partial charge is 0.414 e. The van der Waals surface area contributed by atoms with E-state index in [1.165, 1.54) is 11.3 Å². The third-order valence-corrected chi connectivity index (χ3v) is 7.30. The number of nitrogens with zero attached hydrogens (tertiary/aromatic N) is 1. The van der Waals surface area contributed by atoms with Gasteiger partial charge in [-0.05, 0) is 78.0 Å². The number of carbonyl (C=O) groups excluding carboxylic acids is 2. The Kier molecular flexibility index (Phi) is 6.61. The molecule has 2 heterocycles. The maximum Gasteiger partial charge on any atom is 0.414 e. The summed E-state index contributed by atoms with van der Waals surface area (Å²) in [6.45, 7) is 3.77. The van der Waals surface area contributed by atoms with E-state index < -0.39 is 11.6 Å². The maximum atomic E-state index is 13.0. The van der Waals surface area contributed by atoms with Gasteiger partial charge >= 0.3 is 6.09 Å². The monoisotopic (exact) mass is 523 g/mol. The number of thiophene rings is 1. The second-order valence-electron chi connectivity index (χ2n) is 7.56. The highest BCUT2D eigenvalue weighted by Gasteiger charge is 2.46. The summed E-state index contributed by atoms with van der Waals surface area (Å²) in [5.41, 5.74) is 1.73. The lowest BCUT2D eigenvalue weighted by Gasteiger charge is -2.40. The van der Waals surface area contributed by atoms with Crippen molar-refractivity contribution >= 4 is 67.8 Å². The van der Waals surface area contributed by atoms with Gasteiger partial charge in [0.2, 0.25) is 5.91 Å². The predicted octanol–water partition coefficient (Wildman–Crippen LogP) is 4.63. The molecule has 1 aliphatic heterocycles. The zero-order valence-electron chi connectivity index (χ0n) is 16.9. The van der Waals surface area contributed by atoms with Gasteiger partial charge in [-0.3, -0.25) is 4.79 Å². The summed E-state index contributed by atoms with van der Waals surface area (Å²) in [7, 11) is 0. The van der Waals surface area contributed by atoms with Crippen molar-refractivity contribution in [2.75, 3.05) is 30.0 Å². The van der Waals surface area contributed by atoms with Crippen LogP contribution in [0.1, 0.15) is 24.8 Å². The minimum absolute atomic E-state index is 0.239. The van der Waals surface area contributed by atoms with Crippen LogP contribution in [-0.4, -0.2) is 42.3 Å². The Morgan fingerprint density at radius 1 is 1.29 bits per heavy atom. The van der Waals surface area contributed by atoms with Crippen molar-refractivity contribution in [1.29, 1.82) is 0 Å². The van der Waals surface area contributed by atoms with Crippen molar-refractivity contribution in [2.24, 2.45) is 0 Å². The number of hydrogen-bond donors (Lipinski definition) is 2. The number of morpholine rings is 1. The fraction of sp³-hybridized carbons (Fsp3) is 0.381. The fourth-order valence-corrected chi connectivity index (χ4v) is 5.13. The summed E-state index contributed by atoms with van der Waals surface area (Å²) >= 11 is 10.0. The van der Waals surface area contributed by atoms with Crippen LogP contribution >= 0.6 is 39.5 Å². The van der Waals surface area contributed by atoms with Crippen LogP contribution < -0.4 is 20.3 Å². The number of amides is 2. The molecule has 7 nitrogen and oxygen atoms in total. The van der Waals surface area contributed by atoms with Crippen molar-refractivity contribution in [2.45, 2.75) is 31.7 Å². The van der Waals surface area contributed by atoms with Gasteiger partial charge in [0.1, 0.15) is 10.5 Å². The van der Waals surface area contributed by atoms with Gasteiger partial charge in [0.05, 0.1) is 17.0 Å². The Labute approximate surface area is 198 Å². The van der Waals surface area contributed by atoms with Crippen LogP contribution in [0.3, 0.4) is 0 Å². The number of thiocarbonyl (C=S) groups is 1. The topological polar surface area (TPSA) is 79.9 Å². The summed E-state index contributed by atoms with van der Waals surface area (Å²) in [5.74, 6) is -0.239. The van der Waals surface area contributed by atoms with Crippen LogP contribution in [-0.2, 0) is 9.53 Å². The first kappa shape index (κ1) is 22.2. The summed E-state index contributed by atoms with van der Waals surface area (Å²) < 4.78 is 11.6. The molecule has 2 aromatic rings. The average molecular weight is 524 g/mol. The van der Waals surface area contributed by atoms with Crippen molar-refractivity contribution in [3.05, 3.63) is 39.7 Å². The summed E-state index contributed by atoms with van der Waals surface area (Å²) in [5, 5.41) is 6.18. The SMILES string of the molecule is Cc1cc(NC(=O)C2(NC(=O)Oc3ccc(Br)s3)CCC2)ccc1N1CCOCC1=S. The van der Waals surface area contributed by atoms with E-state index in [2.05, 4.69) is 31.5 Å². The third kappa shape index (κ3) is 4.92. The van der Waals surface area contributed by atoms with Gasteiger partial charge in [-0.15, -0.1) is 0 Å². The Bertz CT molecular complexity index is 1020. The van der Waals surface area contributed by atoms with Crippen LogP contribution in [0, 0.1) is 6.92 Å². The Morgan fingerprint density at radius 2 is 2.10 bits per heavy atom. The molecule has 4 rings (SSSR count). The normalized spacial score (nSPS) is 17.6. The Balaban J connectivity index is 1.42. The molecule has 1 aromatic carbocycles. The van der Waals surface area contributed by atoms with E-state index in [0.717, 1.165) is 26.4 Å². The summed E-state index contributed by atoms with van der Waals surface area (Å²) in [6.07, 6.45) is 1.38. The number of nitrogens with one attached hydrogen (secondary N) is 2. The van der Waals surface area contributed by atoms with Crippen LogP contribution in [0.5, 0.6) is 5.06 Å². The molecule has 2 aliphatic rings. The number of anilines is 2. The van der Waals surface area contributed by atoms with Crippen LogP contribution in [0.15, 0.2) is 34.1 Å². The first-order valence-corrected chi connectivity index (χ1v) is 11.9. The predicted molar refractivity (Wildman–Crippen MR) is 128 cm³/mol.